The monoisotopic (exact) mass is 1400 g/mol. The first-order valence-electron chi connectivity index (χ1n) is 31.1. The second-order valence-electron chi connectivity index (χ2n) is 24.3. The van der Waals surface area contributed by atoms with Crippen molar-refractivity contribution in [3.63, 3.8) is 0 Å². The number of hydrogen-bond donors (Lipinski definition) is 19. The third-order valence-electron chi connectivity index (χ3n) is 14.8. The van der Waals surface area contributed by atoms with Gasteiger partial charge in [0.05, 0.1) is 31.2 Å². The Morgan fingerprint density at radius 3 is 1.82 bits per heavy atom. The van der Waals surface area contributed by atoms with Crippen LogP contribution in [0.5, 0.6) is 5.75 Å². The number of carbonyl (C=O) groups is 12. The minimum Gasteiger partial charge on any atom is -0.508 e. The zero-order valence-electron chi connectivity index (χ0n) is 54.9. The van der Waals surface area contributed by atoms with E-state index in [-0.39, 0.29) is 82.1 Å². The number of phenolic OH excluding ortho intramolecular Hbond substituents is 1. The molecule has 544 valence electrons. The van der Waals surface area contributed by atoms with Crippen molar-refractivity contribution in [1.29, 1.82) is 0 Å². The molecule has 0 unspecified atom stereocenters. The molecule has 9 atom stereocenters. The normalized spacial score (nSPS) is 15.3. The van der Waals surface area contributed by atoms with Crippen LogP contribution < -0.4 is 71.0 Å². The minimum atomic E-state index is -5.08. The van der Waals surface area contributed by atoms with Crippen LogP contribution in [0.4, 0.5) is 18.0 Å². The molecule has 0 spiro atoms. The van der Waals surface area contributed by atoms with Gasteiger partial charge in [-0.15, -0.1) is 0 Å². The Balaban J connectivity index is 0.00000281. The molecule has 1 saturated heterocycles. The van der Waals surface area contributed by atoms with Gasteiger partial charge in [-0.05, 0) is 94.5 Å². The number of aliphatic hydroxyl groups is 1. The van der Waals surface area contributed by atoms with Crippen LogP contribution in [0.2, 0.25) is 0 Å². The Hall–Kier alpha value is -10.6. The van der Waals surface area contributed by atoms with Crippen LogP contribution in [0, 0.1) is 5.92 Å². The topological polar surface area (TPSA) is 567 Å². The number of hydrogen-bond acceptors (Lipinski definition) is 18. The van der Waals surface area contributed by atoms with Gasteiger partial charge in [-0.25, -0.2) is 20.0 Å². The second-order valence-corrected chi connectivity index (χ2v) is 24.3. The molecule has 0 saturated carbocycles. The number of ether oxygens (including phenoxy) is 1. The number of aromatic amines is 2. The molecule has 1 aliphatic heterocycles. The molecule has 35 nitrogen and oxygen atoms in total. The number of carboxylic acids is 2. The van der Waals surface area contributed by atoms with Crippen molar-refractivity contribution in [2.24, 2.45) is 33.8 Å². The maximum atomic E-state index is 14.8. The number of H-pyrrole nitrogens is 2. The highest BCUT2D eigenvalue weighted by atomic mass is 19.4. The first-order chi connectivity index (χ1) is 46.5. The van der Waals surface area contributed by atoms with E-state index in [1.54, 1.807) is 65.1 Å². The van der Waals surface area contributed by atoms with Crippen LogP contribution in [-0.4, -0.2) is 210 Å². The molecule has 4 aromatic rings. The molecule has 23 N–H and O–H groups in total. The number of guanidine groups is 1. The Morgan fingerprint density at radius 1 is 0.707 bits per heavy atom. The van der Waals surface area contributed by atoms with E-state index >= 15 is 0 Å². The van der Waals surface area contributed by atoms with Crippen LogP contribution >= 0.6 is 0 Å². The number of amides is 11. The number of aromatic hydroxyl groups is 1. The summed E-state index contributed by atoms with van der Waals surface area (Å²) in [5.74, 6) is -12.7. The van der Waals surface area contributed by atoms with Crippen LogP contribution in [0.3, 0.4) is 0 Å². The number of carboxylic acid groups (broad SMARTS) is 2. The van der Waals surface area contributed by atoms with Gasteiger partial charge in [0, 0.05) is 67.8 Å². The number of alkyl halides is 3. The lowest BCUT2D eigenvalue weighted by atomic mass is 10.0. The molecule has 5 rings (SSSR count). The number of carbonyl (C=O) groups excluding carboxylic acids is 10. The highest BCUT2D eigenvalue weighted by molar-refractivity contribution is 5.99. The molecule has 38 heteroatoms. The summed E-state index contributed by atoms with van der Waals surface area (Å²) >= 11 is 0. The fourth-order valence-corrected chi connectivity index (χ4v) is 9.84. The van der Waals surface area contributed by atoms with Crippen molar-refractivity contribution in [3.05, 3.63) is 84.1 Å². The summed E-state index contributed by atoms with van der Waals surface area (Å²) in [5, 5.41) is 56.2. The van der Waals surface area contributed by atoms with Crippen molar-refractivity contribution in [2.45, 2.75) is 165 Å². The Labute approximate surface area is 565 Å². The molecule has 2 aromatic heterocycles. The van der Waals surface area contributed by atoms with Gasteiger partial charge >= 0.3 is 24.1 Å². The Morgan fingerprint density at radius 2 is 1.25 bits per heavy atom. The SMILES string of the molecule is CC(C)C[C@H](NC(=O)[C@@H](COC(C)(C)C)NC(=O)[C@H](Cc1ccc(O)cc1)NC(=O)[C@H](CO)NC(=O)[C@H](Cc1c[nH]c2ccccc12)NC(=O)[C@H](Cc1cnc[nH]1)NC(=O)[C@@H](N)CCC(=O)O)C(=O)N[C@@H](CCCN=C(N)N)C(=O)N1CCC[C@H]1C(=O)NNC(N)=O.O=C(O)C(F)(F)F. The standard InChI is InChI=1S/C59H86N18O15.C2HF3O2/c1-31(2)22-40(49(83)68-39(12-8-20-65-57(61)62)56(90)77-21-9-13-46(77)55(89)75-76-58(63)91)70-54(88)45(29-92-59(3,4)5)74-50(84)41(23-32-14-16-35(79)17-15-32)71-53(87)44(28-78)73-51(85)42(24-33-26-66-38-11-7-6-10-36(33)38)72-52(86)43(25-34-27-64-30-67-34)69-48(82)37(60)18-19-47(80)81;3-2(4,5)1(6)7/h6-7,10-11,14-17,26-27,30-31,37,39-46,66,78-79H,8-9,12-13,18-25,28-29,60H2,1-5H3,(H,64,67)(H,68,83)(H,69,82)(H,70,88)(H,71,87)(H,72,86)(H,73,85)(H,74,84)(H,75,89)(H,80,81)(H4,61,62,65)(H3,63,76,91);(H,6,7)/t37-,39-,40-,41-,42-,43-,44-,45+,46-;/m0./s1. The smallest absolute Gasteiger partial charge is 0.490 e. The van der Waals surface area contributed by atoms with Crippen LogP contribution in [-0.2, 0) is 76.7 Å². The Kier molecular flexibility index (Phi) is 31.3. The summed E-state index contributed by atoms with van der Waals surface area (Å²) in [6.45, 7) is 7.18. The average molecular weight is 1400 g/mol. The molecular formula is C61H87F3N18O17. The quantitative estimate of drug-likeness (QED) is 0.00990. The molecule has 2 aromatic carbocycles. The largest absolute Gasteiger partial charge is 0.508 e. The fraction of sp³-hybridized carbons (Fsp3) is 0.508. The van der Waals surface area contributed by atoms with Crippen molar-refractivity contribution < 1.29 is 95.9 Å². The van der Waals surface area contributed by atoms with Crippen LogP contribution in [0.15, 0.2) is 72.2 Å². The third-order valence-corrected chi connectivity index (χ3v) is 14.8. The van der Waals surface area contributed by atoms with Gasteiger partial charge in [0.15, 0.2) is 5.96 Å². The van der Waals surface area contributed by atoms with Gasteiger partial charge in [0.1, 0.15) is 54.1 Å². The first-order valence-corrected chi connectivity index (χ1v) is 31.1. The highest BCUT2D eigenvalue weighted by Gasteiger charge is 2.41. The maximum absolute atomic E-state index is 14.8. The number of imidazole rings is 1. The number of aliphatic imine (C=N–C) groups is 1. The number of urea groups is 1. The predicted octanol–water partition coefficient (Wildman–Crippen LogP) is -2.56. The average Bonchev–Trinajstić information content (AvgIpc) is 1.74. The third kappa shape index (κ3) is 27.8. The first kappa shape index (κ1) is 80.8. The summed E-state index contributed by atoms with van der Waals surface area (Å²) in [5.41, 5.74) is 27.4. The van der Waals surface area contributed by atoms with Crippen LogP contribution in [0.25, 0.3) is 10.9 Å². The maximum Gasteiger partial charge on any atom is 0.490 e. The van der Waals surface area contributed by atoms with E-state index in [1.165, 1.54) is 41.7 Å². The number of nitrogens with two attached hydrogens (primary N) is 4. The summed E-state index contributed by atoms with van der Waals surface area (Å²) in [6, 6.07) is -1.53. The van der Waals surface area contributed by atoms with E-state index in [4.69, 9.17) is 37.6 Å². The summed E-state index contributed by atoms with van der Waals surface area (Å²) in [7, 11) is 0. The summed E-state index contributed by atoms with van der Waals surface area (Å²) < 4.78 is 37.8. The second kappa shape index (κ2) is 38.3. The molecule has 1 fully saturated rings. The molecule has 0 radical (unpaired) electrons. The molecular weight excluding hydrogens is 1310 g/mol. The molecule has 1 aliphatic rings. The molecule has 0 bridgehead atoms. The van der Waals surface area contributed by atoms with E-state index in [0.717, 1.165) is 0 Å². The number of benzene rings is 2. The molecule has 0 aliphatic carbocycles. The number of rotatable bonds is 34. The van der Waals surface area contributed by atoms with E-state index < -0.39 is 157 Å². The number of nitrogens with one attached hydrogen (secondary N) is 11. The lowest BCUT2D eigenvalue weighted by Gasteiger charge is -2.31. The van der Waals surface area contributed by atoms with Gasteiger partial charge in [-0.2, -0.15) is 13.2 Å². The Bertz CT molecular complexity index is 3450. The van der Waals surface area contributed by atoms with Crippen molar-refractivity contribution in [2.75, 3.05) is 26.3 Å². The van der Waals surface area contributed by atoms with Crippen LogP contribution in [0.1, 0.15) is 96.4 Å². The molecule has 3 heterocycles. The van der Waals surface area contributed by atoms with Crippen molar-refractivity contribution in [1.82, 2.24) is 67.9 Å². The van der Waals surface area contributed by atoms with E-state index in [2.05, 4.69) is 62.6 Å². The number of phenols is 1. The van der Waals surface area contributed by atoms with Gasteiger partial charge in [-0.3, -0.25) is 58.4 Å². The van der Waals surface area contributed by atoms with E-state index in [1.807, 2.05) is 5.43 Å². The van der Waals surface area contributed by atoms with E-state index in [9.17, 15) is 81.2 Å². The highest BCUT2D eigenvalue weighted by Crippen LogP contribution is 2.23. The lowest BCUT2D eigenvalue weighted by Crippen LogP contribution is -2.62. The lowest BCUT2D eigenvalue weighted by molar-refractivity contribution is -0.192. The number of aliphatic carboxylic acids is 2. The predicted molar refractivity (Wildman–Crippen MR) is 346 cm³/mol. The minimum absolute atomic E-state index is 0.00580. The fourth-order valence-electron chi connectivity index (χ4n) is 9.84. The number of aliphatic hydroxyl groups excluding tert-OH is 1. The molecule has 99 heavy (non-hydrogen) atoms. The van der Waals surface area contributed by atoms with Gasteiger partial charge in [0.2, 0.25) is 47.3 Å². The van der Waals surface area contributed by atoms with Gasteiger partial charge < -0.3 is 100 Å². The zero-order chi connectivity index (χ0) is 73.9. The number of fused-ring (bicyclic) bond motifs is 1. The van der Waals surface area contributed by atoms with Crippen molar-refractivity contribution >= 4 is 88.0 Å². The summed E-state index contributed by atoms with van der Waals surface area (Å²) in [6.07, 6.45) is -1.46. The number of primary amides is 1. The van der Waals surface area contributed by atoms with E-state index in [0.29, 0.717) is 34.1 Å². The van der Waals surface area contributed by atoms with Crippen molar-refractivity contribution in [3.8, 4) is 5.75 Å². The van der Waals surface area contributed by atoms with Gasteiger partial charge in [0.25, 0.3) is 5.91 Å². The number of likely N-dealkylation sites (tertiary alicyclic amines) is 1. The number of aromatic nitrogens is 3. The number of halogens is 3. The number of para-hydroxylation sites is 1. The van der Waals surface area contributed by atoms with Gasteiger partial charge in [-0.1, -0.05) is 44.2 Å². The summed E-state index contributed by atoms with van der Waals surface area (Å²) in [4.78, 5) is 175. The molecule has 11 amide bonds. The number of nitrogens with zero attached hydrogens (tertiary/aromatic N) is 3. The zero-order valence-corrected chi connectivity index (χ0v) is 54.9. The number of hydrazine groups is 1.